The molecule has 0 radical (unpaired) electrons. The SMILES string of the molecule is COC(=O)C1(C)C2CC3CCC1C3C2. The molecular weight excluding hydrogens is 176 g/mol. The lowest BCUT2D eigenvalue weighted by atomic mass is 9.68. The van der Waals surface area contributed by atoms with Crippen molar-refractivity contribution in [2.75, 3.05) is 7.11 Å². The number of hydrogen-bond donors (Lipinski definition) is 0. The summed E-state index contributed by atoms with van der Waals surface area (Å²) in [6, 6.07) is 0. The number of carbonyl (C=O) groups is 1. The summed E-state index contributed by atoms with van der Waals surface area (Å²) in [5.74, 6) is 3.11. The molecule has 3 aliphatic rings. The van der Waals surface area contributed by atoms with Gasteiger partial charge in [-0.15, -0.1) is 0 Å². The molecule has 0 heterocycles. The second-order valence-electron chi connectivity index (χ2n) is 5.55. The van der Waals surface area contributed by atoms with Crippen LogP contribution in [0, 0.1) is 29.1 Å². The fourth-order valence-corrected chi connectivity index (χ4v) is 4.66. The Morgan fingerprint density at radius 2 is 2.14 bits per heavy atom. The van der Waals surface area contributed by atoms with E-state index in [-0.39, 0.29) is 11.4 Å². The molecule has 0 aromatic heterocycles. The van der Waals surface area contributed by atoms with Gasteiger partial charge in [0.2, 0.25) is 0 Å². The minimum Gasteiger partial charge on any atom is -0.469 e. The highest BCUT2D eigenvalue weighted by Gasteiger charge is 2.65. The molecule has 0 saturated heterocycles. The summed E-state index contributed by atoms with van der Waals surface area (Å²) in [5.41, 5.74) is -0.133. The zero-order chi connectivity index (χ0) is 9.92. The van der Waals surface area contributed by atoms with E-state index in [2.05, 4.69) is 6.92 Å². The summed E-state index contributed by atoms with van der Waals surface area (Å²) in [6.45, 7) is 2.15. The van der Waals surface area contributed by atoms with Gasteiger partial charge >= 0.3 is 5.97 Å². The first kappa shape index (κ1) is 8.75. The maximum atomic E-state index is 11.9. The van der Waals surface area contributed by atoms with Crippen molar-refractivity contribution in [3.63, 3.8) is 0 Å². The lowest BCUT2D eigenvalue weighted by Gasteiger charge is -2.36. The predicted molar refractivity (Wildman–Crippen MR) is 52.6 cm³/mol. The van der Waals surface area contributed by atoms with E-state index in [0.29, 0.717) is 11.8 Å². The van der Waals surface area contributed by atoms with Crippen LogP contribution in [0.5, 0.6) is 0 Å². The molecule has 0 aromatic rings. The van der Waals surface area contributed by atoms with Gasteiger partial charge in [0.25, 0.3) is 0 Å². The van der Waals surface area contributed by atoms with Crippen LogP contribution < -0.4 is 0 Å². The summed E-state index contributed by atoms with van der Waals surface area (Å²) in [7, 11) is 1.53. The van der Waals surface area contributed by atoms with E-state index in [4.69, 9.17) is 4.74 Å². The van der Waals surface area contributed by atoms with E-state index >= 15 is 0 Å². The number of esters is 1. The molecule has 0 spiro atoms. The minimum atomic E-state index is -0.133. The Hall–Kier alpha value is -0.530. The van der Waals surface area contributed by atoms with Crippen molar-refractivity contribution in [1.82, 2.24) is 0 Å². The van der Waals surface area contributed by atoms with Gasteiger partial charge in [-0.3, -0.25) is 4.79 Å². The van der Waals surface area contributed by atoms with Gasteiger partial charge < -0.3 is 4.74 Å². The van der Waals surface area contributed by atoms with Gasteiger partial charge in [-0.1, -0.05) is 0 Å². The van der Waals surface area contributed by atoms with E-state index in [1.165, 1.54) is 32.8 Å². The van der Waals surface area contributed by atoms with E-state index in [1.807, 2.05) is 0 Å². The third kappa shape index (κ3) is 0.768. The summed E-state index contributed by atoms with van der Waals surface area (Å²) in [4.78, 5) is 11.9. The molecule has 0 aromatic carbocycles. The quantitative estimate of drug-likeness (QED) is 0.598. The Kier molecular flexibility index (Phi) is 1.58. The first-order valence-electron chi connectivity index (χ1n) is 5.76. The van der Waals surface area contributed by atoms with Gasteiger partial charge in [0.15, 0.2) is 0 Å². The fourth-order valence-electron chi connectivity index (χ4n) is 4.66. The number of carbonyl (C=O) groups excluding carboxylic acids is 1. The van der Waals surface area contributed by atoms with Crippen LogP contribution in [0.25, 0.3) is 0 Å². The molecule has 2 heteroatoms. The summed E-state index contributed by atoms with van der Waals surface area (Å²) < 4.78 is 5.00. The predicted octanol–water partition coefficient (Wildman–Crippen LogP) is 2.23. The molecular formula is C12H18O2. The van der Waals surface area contributed by atoms with Gasteiger partial charge in [-0.25, -0.2) is 0 Å². The van der Waals surface area contributed by atoms with Gasteiger partial charge in [-0.05, 0) is 56.3 Å². The fraction of sp³-hybridized carbons (Fsp3) is 0.917. The van der Waals surface area contributed by atoms with Gasteiger partial charge in [0, 0.05) is 0 Å². The first-order chi connectivity index (χ1) is 6.67. The maximum absolute atomic E-state index is 11.9. The number of ether oxygens (including phenoxy) is 1. The molecule has 78 valence electrons. The second kappa shape index (κ2) is 2.53. The lowest BCUT2D eigenvalue weighted by molar-refractivity contribution is -0.158. The van der Waals surface area contributed by atoms with Crippen molar-refractivity contribution in [2.45, 2.75) is 32.6 Å². The Bertz CT molecular complexity index is 284. The van der Waals surface area contributed by atoms with Crippen LogP contribution >= 0.6 is 0 Å². The van der Waals surface area contributed by atoms with Crippen LogP contribution in [0.3, 0.4) is 0 Å². The topological polar surface area (TPSA) is 26.3 Å². The van der Waals surface area contributed by atoms with Crippen molar-refractivity contribution < 1.29 is 9.53 Å². The molecule has 3 rings (SSSR count). The Labute approximate surface area is 85.0 Å². The van der Waals surface area contributed by atoms with Crippen molar-refractivity contribution >= 4 is 5.97 Å². The molecule has 2 nitrogen and oxygen atoms in total. The van der Waals surface area contributed by atoms with Crippen molar-refractivity contribution in [2.24, 2.45) is 29.1 Å². The van der Waals surface area contributed by atoms with Crippen LogP contribution in [0.1, 0.15) is 32.6 Å². The average Bonchev–Trinajstić information content (AvgIpc) is 2.76. The van der Waals surface area contributed by atoms with Gasteiger partial charge in [0.05, 0.1) is 12.5 Å². The number of rotatable bonds is 1. The molecule has 3 aliphatic carbocycles. The third-order valence-electron chi connectivity index (χ3n) is 5.36. The molecule has 3 fully saturated rings. The molecule has 0 amide bonds. The monoisotopic (exact) mass is 194 g/mol. The van der Waals surface area contributed by atoms with Crippen LogP contribution in [0.2, 0.25) is 0 Å². The van der Waals surface area contributed by atoms with E-state index in [1.54, 1.807) is 0 Å². The van der Waals surface area contributed by atoms with Crippen LogP contribution in [0.15, 0.2) is 0 Å². The summed E-state index contributed by atoms with van der Waals surface area (Å²) in [5, 5.41) is 0. The minimum absolute atomic E-state index is 0.0513. The standard InChI is InChI=1S/C12H18O2/c1-12(11(13)14-2)8-5-7-3-4-10(12)9(7)6-8/h7-10H,3-6H2,1-2H3. The first-order valence-corrected chi connectivity index (χ1v) is 5.76. The highest BCUT2D eigenvalue weighted by molar-refractivity contribution is 5.78. The Balaban J connectivity index is 1.98. The Morgan fingerprint density at radius 3 is 2.86 bits per heavy atom. The van der Waals surface area contributed by atoms with Gasteiger partial charge in [-0.2, -0.15) is 0 Å². The zero-order valence-electron chi connectivity index (χ0n) is 8.95. The van der Waals surface area contributed by atoms with Crippen molar-refractivity contribution in [3.05, 3.63) is 0 Å². The Morgan fingerprint density at radius 1 is 1.36 bits per heavy atom. The number of fused-ring (bicyclic) bond motifs is 1. The van der Waals surface area contributed by atoms with Crippen molar-refractivity contribution in [1.29, 1.82) is 0 Å². The second-order valence-corrected chi connectivity index (χ2v) is 5.55. The molecule has 0 aliphatic heterocycles. The van der Waals surface area contributed by atoms with E-state index < -0.39 is 0 Å². The summed E-state index contributed by atoms with van der Waals surface area (Å²) >= 11 is 0. The molecule has 3 saturated carbocycles. The maximum Gasteiger partial charge on any atom is 0.312 e. The number of methoxy groups -OCH3 is 1. The van der Waals surface area contributed by atoms with Crippen LogP contribution in [0.4, 0.5) is 0 Å². The molecule has 5 unspecified atom stereocenters. The summed E-state index contributed by atoms with van der Waals surface area (Å²) in [6.07, 6.45) is 5.20. The lowest BCUT2D eigenvalue weighted by Crippen LogP contribution is -2.40. The van der Waals surface area contributed by atoms with E-state index in [0.717, 1.165) is 11.8 Å². The molecule has 2 bridgehead atoms. The highest BCUT2D eigenvalue weighted by atomic mass is 16.5. The number of hydrogen-bond acceptors (Lipinski definition) is 2. The third-order valence-corrected chi connectivity index (χ3v) is 5.36. The van der Waals surface area contributed by atoms with E-state index in [9.17, 15) is 4.79 Å². The largest absolute Gasteiger partial charge is 0.469 e. The van der Waals surface area contributed by atoms with Gasteiger partial charge in [0.1, 0.15) is 0 Å². The normalized spacial score (nSPS) is 53.9. The van der Waals surface area contributed by atoms with Crippen LogP contribution in [-0.4, -0.2) is 13.1 Å². The smallest absolute Gasteiger partial charge is 0.312 e. The molecule has 5 atom stereocenters. The van der Waals surface area contributed by atoms with Crippen LogP contribution in [-0.2, 0) is 9.53 Å². The molecule has 0 N–H and O–H groups in total. The van der Waals surface area contributed by atoms with Crippen molar-refractivity contribution in [3.8, 4) is 0 Å². The zero-order valence-corrected chi connectivity index (χ0v) is 8.95. The highest BCUT2D eigenvalue weighted by Crippen LogP contribution is 2.68. The molecule has 14 heavy (non-hydrogen) atoms. The average molecular weight is 194 g/mol.